The van der Waals surface area contributed by atoms with Gasteiger partial charge in [-0.2, -0.15) is 0 Å². The first kappa shape index (κ1) is 16.9. The van der Waals surface area contributed by atoms with Crippen LogP contribution in [0.2, 0.25) is 0 Å². The minimum atomic E-state index is -0.254. The van der Waals surface area contributed by atoms with Gasteiger partial charge in [-0.05, 0) is 19.8 Å². The van der Waals surface area contributed by atoms with Crippen LogP contribution in [0, 0.1) is 0 Å². The number of nitrogens with zero attached hydrogens (tertiary/aromatic N) is 1. The summed E-state index contributed by atoms with van der Waals surface area (Å²) in [5, 5.41) is 9.06. The molecule has 0 aromatic carbocycles. The first-order valence-electron chi connectivity index (χ1n) is 7.64. The molecule has 1 unspecified atom stereocenters. The van der Waals surface area contributed by atoms with Crippen molar-refractivity contribution in [3.8, 4) is 0 Å². The van der Waals surface area contributed by atoms with E-state index >= 15 is 0 Å². The summed E-state index contributed by atoms with van der Waals surface area (Å²) in [6, 6.07) is -0.0236. The molecule has 1 fully saturated rings. The van der Waals surface area contributed by atoms with Crippen LogP contribution in [0.5, 0.6) is 0 Å². The maximum atomic E-state index is 12.1. The highest BCUT2D eigenvalue weighted by Crippen LogP contribution is 2.04. The third-order valence-corrected chi connectivity index (χ3v) is 3.71. The number of rotatable bonds is 7. The first-order valence-corrected chi connectivity index (χ1v) is 7.64. The maximum absolute atomic E-state index is 12.1. The smallest absolute Gasteiger partial charge is 0.238 e. The lowest BCUT2D eigenvalue weighted by Gasteiger charge is -2.34. The molecule has 1 aliphatic heterocycles. The Labute approximate surface area is 121 Å². The van der Waals surface area contributed by atoms with Crippen LogP contribution in [0.25, 0.3) is 0 Å². The molecular formula is C14H28N4O2. The molecule has 0 spiro atoms. The Bertz CT molecular complexity index is 318. The standard InChI is InChI=1S/C14H28N4O2/c1-4-11(5-2)17-13(19)10-18-8-7-15-9-12(18)14(20)16-6-3/h11-12,15H,4-10H2,1-3H3,(H,16,20)(H,17,19). The van der Waals surface area contributed by atoms with Gasteiger partial charge in [-0.3, -0.25) is 14.5 Å². The number of carbonyl (C=O) groups excluding carboxylic acids is 2. The van der Waals surface area contributed by atoms with E-state index in [9.17, 15) is 9.59 Å². The van der Waals surface area contributed by atoms with Gasteiger partial charge in [0.2, 0.25) is 11.8 Å². The molecule has 6 heteroatoms. The summed E-state index contributed by atoms with van der Waals surface area (Å²) in [4.78, 5) is 26.0. The highest BCUT2D eigenvalue weighted by Gasteiger charge is 2.29. The maximum Gasteiger partial charge on any atom is 0.238 e. The number of nitrogens with one attached hydrogen (secondary N) is 3. The molecule has 0 aromatic rings. The van der Waals surface area contributed by atoms with E-state index in [1.807, 2.05) is 11.8 Å². The normalized spacial score (nSPS) is 19.9. The molecule has 116 valence electrons. The Hall–Kier alpha value is -1.14. The summed E-state index contributed by atoms with van der Waals surface area (Å²) in [5.41, 5.74) is 0. The van der Waals surface area contributed by atoms with Crippen LogP contribution in [-0.2, 0) is 9.59 Å². The molecule has 0 aliphatic carbocycles. The second kappa shape index (κ2) is 8.92. The fraction of sp³-hybridized carbons (Fsp3) is 0.857. The first-order chi connectivity index (χ1) is 9.62. The minimum absolute atomic E-state index is 0.00460. The van der Waals surface area contributed by atoms with E-state index in [0.717, 1.165) is 25.9 Å². The van der Waals surface area contributed by atoms with E-state index in [1.165, 1.54) is 0 Å². The zero-order chi connectivity index (χ0) is 15.0. The number of hydrogen-bond acceptors (Lipinski definition) is 4. The van der Waals surface area contributed by atoms with Gasteiger partial charge in [0.1, 0.15) is 6.04 Å². The van der Waals surface area contributed by atoms with E-state index in [4.69, 9.17) is 0 Å². The zero-order valence-electron chi connectivity index (χ0n) is 12.9. The van der Waals surface area contributed by atoms with Crippen molar-refractivity contribution in [3.63, 3.8) is 0 Å². The van der Waals surface area contributed by atoms with Crippen molar-refractivity contribution in [1.29, 1.82) is 0 Å². The number of hydrogen-bond donors (Lipinski definition) is 3. The van der Waals surface area contributed by atoms with Crippen molar-refractivity contribution < 1.29 is 9.59 Å². The fourth-order valence-electron chi connectivity index (χ4n) is 2.44. The molecule has 0 saturated carbocycles. The summed E-state index contributed by atoms with van der Waals surface area (Å²) in [6.45, 7) is 9.07. The van der Waals surface area contributed by atoms with Gasteiger partial charge in [0.15, 0.2) is 0 Å². The molecule has 1 heterocycles. The van der Waals surface area contributed by atoms with Crippen molar-refractivity contribution in [2.75, 3.05) is 32.7 Å². The van der Waals surface area contributed by atoms with Gasteiger partial charge in [0, 0.05) is 32.2 Å². The van der Waals surface area contributed by atoms with Crippen LogP contribution in [-0.4, -0.2) is 61.5 Å². The van der Waals surface area contributed by atoms with Gasteiger partial charge in [-0.25, -0.2) is 0 Å². The monoisotopic (exact) mass is 284 g/mol. The highest BCUT2D eigenvalue weighted by molar-refractivity contribution is 5.84. The van der Waals surface area contributed by atoms with Gasteiger partial charge in [-0.1, -0.05) is 13.8 Å². The fourth-order valence-corrected chi connectivity index (χ4v) is 2.44. The summed E-state index contributed by atoms with van der Waals surface area (Å²) in [6.07, 6.45) is 1.87. The van der Waals surface area contributed by atoms with Crippen LogP contribution in [0.3, 0.4) is 0 Å². The molecule has 1 aliphatic rings. The summed E-state index contributed by atoms with van der Waals surface area (Å²) in [5.74, 6) is 0.00457. The van der Waals surface area contributed by atoms with E-state index in [1.54, 1.807) is 0 Å². The Balaban J connectivity index is 2.53. The Kier molecular flexibility index (Phi) is 7.54. The van der Waals surface area contributed by atoms with Crippen molar-refractivity contribution in [3.05, 3.63) is 0 Å². The van der Waals surface area contributed by atoms with Crippen LogP contribution < -0.4 is 16.0 Å². The Morgan fingerprint density at radius 1 is 1.30 bits per heavy atom. The van der Waals surface area contributed by atoms with Gasteiger partial charge >= 0.3 is 0 Å². The van der Waals surface area contributed by atoms with Crippen molar-refractivity contribution in [2.45, 2.75) is 45.7 Å². The topological polar surface area (TPSA) is 73.5 Å². The SMILES string of the molecule is CCNC(=O)C1CNCCN1CC(=O)NC(CC)CC. The summed E-state index contributed by atoms with van der Waals surface area (Å²) in [7, 11) is 0. The van der Waals surface area contributed by atoms with Crippen molar-refractivity contribution >= 4 is 11.8 Å². The lowest BCUT2D eigenvalue weighted by molar-refractivity contribution is -0.129. The van der Waals surface area contributed by atoms with Crippen LogP contribution >= 0.6 is 0 Å². The van der Waals surface area contributed by atoms with E-state index in [2.05, 4.69) is 29.8 Å². The molecule has 6 nitrogen and oxygen atoms in total. The predicted octanol–water partition coefficient (Wildman–Crippen LogP) is -0.299. The van der Waals surface area contributed by atoms with Gasteiger partial charge in [0.25, 0.3) is 0 Å². The van der Waals surface area contributed by atoms with Crippen molar-refractivity contribution in [2.24, 2.45) is 0 Å². The summed E-state index contributed by atoms with van der Waals surface area (Å²) < 4.78 is 0. The molecule has 20 heavy (non-hydrogen) atoms. The van der Waals surface area contributed by atoms with Crippen molar-refractivity contribution in [1.82, 2.24) is 20.9 Å². The minimum Gasteiger partial charge on any atom is -0.355 e. The van der Waals surface area contributed by atoms with Gasteiger partial charge < -0.3 is 16.0 Å². The largest absolute Gasteiger partial charge is 0.355 e. The second-order valence-corrected chi connectivity index (χ2v) is 5.17. The third kappa shape index (κ3) is 5.09. The molecule has 2 amide bonds. The van der Waals surface area contributed by atoms with E-state index in [-0.39, 0.29) is 23.9 Å². The number of likely N-dealkylation sites (N-methyl/N-ethyl adjacent to an activating group) is 1. The Morgan fingerprint density at radius 2 is 2.00 bits per heavy atom. The Morgan fingerprint density at radius 3 is 2.60 bits per heavy atom. The van der Waals surface area contributed by atoms with Crippen LogP contribution in [0.1, 0.15) is 33.6 Å². The number of piperazine rings is 1. The molecule has 3 N–H and O–H groups in total. The molecule has 0 radical (unpaired) electrons. The highest BCUT2D eigenvalue weighted by atomic mass is 16.2. The third-order valence-electron chi connectivity index (χ3n) is 3.71. The number of carbonyl (C=O) groups is 2. The van der Waals surface area contributed by atoms with Crippen LogP contribution in [0.15, 0.2) is 0 Å². The molecule has 0 bridgehead atoms. The lowest BCUT2D eigenvalue weighted by atomic mass is 10.1. The number of amides is 2. The zero-order valence-corrected chi connectivity index (χ0v) is 12.9. The molecule has 1 rings (SSSR count). The average molecular weight is 284 g/mol. The van der Waals surface area contributed by atoms with Gasteiger partial charge in [-0.15, -0.1) is 0 Å². The molecular weight excluding hydrogens is 256 g/mol. The van der Waals surface area contributed by atoms with E-state index < -0.39 is 0 Å². The quantitative estimate of drug-likeness (QED) is 0.600. The molecule has 0 aromatic heterocycles. The van der Waals surface area contributed by atoms with E-state index in [0.29, 0.717) is 19.6 Å². The molecule has 1 saturated heterocycles. The lowest BCUT2D eigenvalue weighted by Crippen LogP contribution is -2.59. The average Bonchev–Trinajstić information content (AvgIpc) is 2.45. The predicted molar refractivity (Wildman–Crippen MR) is 79.4 cm³/mol. The molecule has 1 atom stereocenters. The summed E-state index contributed by atoms with van der Waals surface area (Å²) >= 11 is 0. The second-order valence-electron chi connectivity index (χ2n) is 5.17. The van der Waals surface area contributed by atoms with Crippen LogP contribution in [0.4, 0.5) is 0 Å². The van der Waals surface area contributed by atoms with Gasteiger partial charge in [0.05, 0.1) is 6.54 Å².